The minimum absolute atomic E-state index is 0.164. The number of alkyl halides is 3. The molecule has 4 nitrogen and oxygen atoms in total. The molecule has 1 atom stereocenters. The second-order valence-corrected chi connectivity index (χ2v) is 5.49. The second kappa shape index (κ2) is 6.14. The maximum absolute atomic E-state index is 12.9. The maximum atomic E-state index is 12.9. The van der Waals surface area contributed by atoms with Crippen molar-refractivity contribution >= 4 is 5.88 Å². The fraction of sp³-hybridized carbons (Fsp3) is 0.294. The molecule has 0 saturated heterocycles. The number of hydrogen-bond acceptors (Lipinski definition) is 4. The number of allylic oxidation sites excluding steroid dienone is 1. The Morgan fingerprint density at radius 1 is 1.29 bits per heavy atom. The predicted molar refractivity (Wildman–Crippen MR) is 82.8 cm³/mol. The SMILES string of the molecule is CNc1oc(C2CC=COC2)c(O)c1-c1cccc(C(F)(F)F)c1. The number of ether oxygens (including phenoxy) is 1. The number of halogens is 3. The molecule has 0 aliphatic carbocycles. The van der Waals surface area contributed by atoms with Crippen molar-refractivity contribution in [2.75, 3.05) is 19.0 Å². The van der Waals surface area contributed by atoms with Crippen molar-refractivity contribution in [3.63, 3.8) is 0 Å². The summed E-state index contributed by atoms with van der Waals surface area (Å²) in [6.07, 6.45) is -0.464. The largest absolute Gasteiger partial charge is 0.504 e. The highest BCUT2D eigenvalue weighted by molar-refractivity contribution is 5.81. The summed E-state index contributed by atoms with van der Waals surface area (Å²) < 4.78 is 49.7. The third-order valence-electron chi connectivity index (χ3n) is 3.90. The Morgan fingerprint density at radius 3 is 2.71 bits per heavy atom. The summed E-state index contributed by atoms with van der Waals surface area (Å²) in [6.45, 7) is 0.336. The zero-order valence-electron chi connectivity index (χ0n) is 12.9. The Morgan fingerprint density at radius 2 is 2.08 bits per heavy atom. The molecule has 7 heteroatoms. The highest BCUT2D eigenvalue weighted by Crippen LogP contribution is 2.46. The van der Waals surface area contributed by atoms with Gasteiger partial charge in [0.05, 0.1) is 29.9 Å². The topological polar surface area (TPSA) is 54.6 Å². The lowest BCUT2D eigenvalue weighted by atomic mass is 9.98. The van der Waals surface area contributed by atoms with Crippen LogP contribution in [-0.4, -0.2) is 18.8 Å². The predicted octanol–water partition coefficient (Wildman–Crippen LogP) is 4.73. The molecule has 1 aliphatic rings. The quantitative estimate of drug-likeness (QED) is 0.849. The Kier molecular flexibility index (Phi) is 4.17. The highest BCUT2D eigenvalue weighted by atomic mass is 19.4. The van der Waals surface area contributed by atoms with E-state index in [1.165, 1.54) is 12.1 Å². The molecule has 2 heterocycles. The van der Waals surface area contributed by atoms with Gasteiger partial charge in [-0.3, -0.25) is 0 Å². The van der Waals surface area contributed by atoms with Crippen LogP contribution in [-0.2, 0) is 10.9 Å². The summed E-state index contributed by atoms with van der Waals surface area (Å²) in [5.41, 5.74) is -0.338. The first-order chi connectivity index (χ1) is 11.4. The van der Waals surface area contributed by atoms with Crippen molar-refractivity contribution in [3.05, 3.63) is 47.9 Å². The van der Waals surface area contributed by atoms with Gasteiger partial charge >= 0.3 is 6.18 Å². The molecule has 0 amide bonds. The van der Waals surface area contributed by atoms with Crippen LogP contribution in [0.5, 0.6) is 5.75 Å². The number of hydrogen-bond donors (Lipinski definition) is 2. The summed E-state index contributed by atoms with van der Waals surface area (Å²) in [6, 6.07) is 4.78. The lowest BCUT2D eigenvalue weighted by Crippen LogP contribution is -2.07. The van der Waals surface area contributed by atoms with Crippen molar-refractivity contribution in [1.29, 1.82) is 0 Å². The van der Waals surface area contributed by atoms with Crippen LogP contribution in [0, 0.1) is 0 Å². The molecule has 1 aromatic heterocycles. The normalized spacial score (nSPS) is 17.6. The van der Waals surface area contributed by atoms with Crippen molar-refractivity contribution in [1.82, 2.24) is 0 Å². The highest BCUT2D eigenvalue weighted by Gasteiger charge is 2.32. The van der Waals surface area contributed by atoms with Crippen LogP contribution in [0.2, 0.25) is 0 Å². The third-order valence-corrected chi connectivity index (χ3v) is 3.90. The van der Waals surface area contributed by atoms with E-state index < -0.39 is 11.7 Å². The number of benzene rings is 1. The van der Waals surface area contributed by atoms with Crippen LogP contribution in [0.4, 0.5) is 19.1 Å². The van der Waals surface area contributed by atoms with Gasteiger partial charge in [0.1, 0.15) is 0 Å². The average molecular weight is 339 g/mol. The van der Waals surface area contributed by atoms with Crippen molar-refractivity contribution in [2.45, 2.75) is 18.5 Å². The first kappa shape index (κ1) is 16.3. The molecule has 2 aromatic rings. The molecule has 24 heavy (non-hydrogen) atoms. The second-order valence-electron chi connectivity index (χ2n) is 5.49. The molecule has 3 rings (SSSR count). The van der Waals surface area contributed by atoms with Crippen LogP contribution >= 0.6 is 0 Å². The van der Waals surface area contributed by atoms with E-state index in [9.17, 15) is 18.3 Å². The van der Waals surface area contributed by atoms with E-state index in [-0.39, 0.29) is 28.7 Å². The van der Waals surface area contributed by atoms with E-state index in [0.717, 1.165) is 12.1 Å². The fourth-order valence-electron chi connectivity index (χ4n) is 2.72. The Hall–Kier alpha value is -2.57. The lowest BCUT2D eigenvalue weighted by molar-refractivity contribution is -0.137. The van der Waals surface area contributed by atoms with Crippen molar-refractivity contribution in [3.8, 4) is 16.9 Å². The third kappa shape index (κ3) is 2.93. The van der Waals surface area contributed by atoms with Crippen molar-refractivity contribution in [2.24, 2.45) is 0 Å². The zero-order valence-corrected chi connectivity index (χ0v) is 12.9. The van der Waals surface area contributed by atoms with Crippen LogP contribution in [0.15, 0.2) is 41.0 Å². The van der Waals surface area contributed by atoms with Crippen LogP contribution in [0.25, 0.3) is 11.1 Å². The summed E-state index contributed by atoms with van der Waals surface area (Å²) in [5.74, 6) is 0.164. The Balaban J connectivity index is 2.08. The Bertz CT molecular complexity index is 765. The molecule has 0 radical (unpaired) electrons. The molecular weight excluding hydrogens is 323 g/mol. The fourth-order valence-corrected chi connectivity index (χ4v) is 2.72. The average Bonchev–Trinajstić information content (AvgIpc) is 2.91. The molecule has 0 saturated carbocycles. The van der Waals surface area contributed by atoms with Crippen LogP contribution < -0.4 is 5.32 Å². The molecule has 128 valence electrons. The van der Waals surface area contributed by atoms with Crippen molar-refractivity contribution < 1.29 is 27.4 Å². The van der Waals surface area contributed by atoms with Gasteiger partial charge in [0.2, 0.25) is 5.88 Å². The van der Waals surface area contributed by atoms with Crippen LogP contribution in [0.1, 0.15) is 23.7 Å². The van der Waals surface area contributed by atoms with E-state index in [1.54, 1.807) is 19.4 Å². The smallest absolute Gasteiger partial charge is 0.416 e. The summed E-state index contributed by atoms with van der Waals surface area (Å²) in [7, 11) is 1.58. The molecule has 1 unspecified atom stereocenters. The summed E-state index contributed by atoms with van der Waals surface area (Å²) in [5, 5.41) is 13.3. The van der Waals surface area contributed by atoms with E-state index >= 15 is 0 Å². The van der Waals surface area contributed by atoms with Crippen LogP contribution in [0.3, 0.4) is 0 Å². The number of aromatic hydroxyl groups is 1. The maximum Gasteiger partial charge on any atom is 0.416 e. The van der Waals surface area contributed by atoms with Gasteiger partial charge in [0.15, 0.2) is 11.5 Å². The van der Waals surface area contributed by atoms with Gasteiger partial charge < -0.3 is 19.6 Å². The van der Waals surface area contributed by atoms with E-state index in [4.69, 9.17) is 9.15 Å². The minimum Gasteiger partial charge on any atom is -0.504 e. The van der Waals surface area contributed by atoms with Gasteiger partial charge in [-0.05, 0) is 30.2 Å². The van der Waals surface area contributed by atoms with Gasteiger partial charge in [-0.1, -0.05) is 12.1 Å². The van der Waals surface area contributed by atoms with Gasteiger partial charge in [-0.2, -0.15) is 13.2 Å². The molecule has 1 aliphatic heterocycles. The first-order valence-corrected chi connectivity index (χ1v) is 7.39. The number of anilines is 1. The standard InChI is InChI=1S/C17H16F3NO3/c1-21-16-13(10-4-2-6-12(8-10)17(18,19)20)14(22)15(24-16)11-5-3-7-23-9-11/h2-4,6-8,11,21-22H,5,9H2,1H3. The molecule has 1 aromatic carbocycles. The van der Waals surface area contributed by atoms with Gasteiger partial charge in [-0.25, -0.2) is 0 Å². The lowest BCUT2D eigenvalue weighted by Gasteiger charge is -2.16. The van der Waals surface area contributed by atoms with Gasteiger partial charge in [0, 0.05) is 7.05 Å². The van der Waals surface area contributed by atoms with E-state index in [0.29, 0.717) is 18.8 Å². The number of furan rings is 1. The molecule has 0 spiro atoms. The number of rotatable bonds is 3. The van der Waals surface area contributed by atoms with E-state index in [1.807, 2.05) is 0 Å². The molecule has 0 bridgehead atoms. The van der Waals surface area contributed by atoms with Gasteiger partial charge in [-0.15, -0.1) is 0 Å². The molecule has 0 fully saturated rings. The van der Waals surface area contributed by atoms with Gasteiger partial charge in [0.25, 0.3) is 0 Å². The summed E-state index contributed by atoms with van der Waals surface area (Å²) in [4.78, 5) is 0. The summed E-state index contributed by atoms with van der Waals surface area (Å²) >= 11 is 0. The monoisotopic (exact) mass is 339 g/mol. The zero-order chi connectivity index (χ0) is 17.3. The molecule has 2 N–H and O–H groups in total. The Labute approximate surface area is 136 Å². The minimum atomic E-state index is -4.46. The first-order valence-electron chi connectivity index (χ1n) is 7.39. The van der Waals surface area contributed by atoms with E-state index in [2.05, 4.69) is 5.32 Å². The molecular formula is C17H16F3NO3. The number of nitrogens with one attached hydrogen (secondary N) is 1.